The monoisotopic (exact) mass is 1630 g/mol. The number of fused-ring (bicyclic) bond motifs is 3. The Labute approximate surface area is 681 Å². The number of carbonyl (C=O) groups excluding carboxylic acids is 3. The quantitative estimate of drug-likeness (QED) is 0.140. The van der Waals surface area contributed by atoms with Crippen LogP contribution in [0, 0.1) is 33.7 Å². The van der Waals surface area contributed by atoms with Crippen molar-refractivity contribution in [1.29, 1.82) is 0 Å². The Bertz CT molecular complexity index is 5210. The lowest BCUT2D eigenvalue weighted by molar-refractivity contribution is 0.0196. The molecule has 21 nitrogen and oxygen atoms in total. The highest BCUT2D eigenvalue weighted by molar-refractivity contribution is 6.37. The number of hydrogen-bond donors (Lipinski definition) is 1. The van der Waals surface area contributed by atoms with Crippen molar-refractivity contribution in [2.24, 2.45) is 16.2 Å². The number of nitrogens with zero attached hydrogens (tertiary/aromatic N) is 11. The van der Waals surface area contributed by atoms with E-state index in [0.29, 0.717) is 120 Å². The Hall–Kier alpha value is -9.23. The number of aromatic nitrogens is 6. The maximum absolute atomic E-state index is 14.7. The molecule has 0 saturated carbocycles. The molecule has 6 aromatic heterocycles. The van der Waals surface area contributed by atoms with Crippen LogP contribution < -0.4 is 31.8 Å². The minimum Gasteiger partial charge on any atom is -0.444 e. The first-order valence-electron chi connectivity index (χ1n) is 38.6. The van der Waals surface area contributed by atoms with E-state index in [1.165, 1.54) is 24.3 Å². The van der Waals surface area contributed by atoms with Crippen molar-refractivity contribution in [2.75, 3.05) is 68.7 Å². The molecule has 12 rings (SSSR count). The highest BCUT2D eigenvalue weighted by Gasteiger charge is 2.35. The normalized spacial score (nSPS) is 16.5. The molecule has 3 atom stereocenters. The molecule has 0 bridgehead atoms. The topological polar surface area (TPSA) is 212 Å². The molecule has 0 unspecified atom stereocenters. The van der Waals surface area contributed by atoms with Crippen LogP contribution in [0.4, 0.5) is 38.9 Å². The van der Waals surface area contributed by atoms with E-state index >= 15 is 0 Å². The van der Waals surface area contributed by atoms with Crippen LogP contribution >= 0.6 is 34.8 Å². The molecule has 614 valence electrons. The smallest absolute Gasteiger partial charge is 0.410 e. The fraction of sp³-hybridized carbons (Fsp3) is 0.483. The molecule has 3 aliphatic rings. The number of anilines is 2. The highest BCUT2D eigenvalue weighted by atomic mass is 35.5. The number of hydrogen-bond acceptors (Lipinski definition) is 15. The Morgan fingerprint density at radius 2 is 0.772 bits per heavy atom. The fourth-order valence-corrected chi connectivity index (χ4v) is 14.3. The summed E-state index contributed by atoms with van der Waals surface area (Å²) >= 11 is 19.3. The van der Waals surface area contributed by atoms with Crippen molar-refractivity contribution in [3.05, 3.63) is 179 Å². The predicted molar refractivity (Wildman–Crippen MR) is 452 cm³/mol. The van der Waals surface area contributed by atoms with Gasteiger partial charge in [-0.2, -0.15) is 0 Å². The number of halogens is 6. The molecule has 9 heterocycles. The third-order valence-electron chi connectivity index (χ3n) is 18.4. The Morgan fingerprint density at radius 3 is 1.15 bits per heavy atom. The van der Waals surface area contributed by atoms with Gasteiger partial charge >= 0.3 is 18.3 Å². The van der Waals surface area contributed by atoms with Crippen molar-refractivity contribution < 1.29 is 41.8 Å². The summed E-state index contributed by atoms with van der Waals surface area (Å²) < 4.78 is 64.8. The van der Waals surface area contributed by atoms with Gasteiger partial charge < -0.3 is 44.0 Å². The van der Waals surface area contributed by atoms with Crippen molar-refractivity contribution in [3.63, 3.8) is 0 Å². The average Bonchev–Trinajstić information content (AvgIpc) is 0.759. The summed E-state index contributed by atoms with van der Waals surface area (Å²) in [6.07, 6.45) is -0.889. The largest absolute Gasteiger partial charge is 0.444 e. The predicted octanol–water partition coefficient (Wildman–Crippen LogP) is 18.8. The molecule has 3 aliphatic heterocycles. The Balaban J connectivity index is 0.000000183. The average molecular weight is 1630 g/mol. The summed E-state index contributed by atoms with van der Waals surface area (Å²) in [6.45, 7) is 47.8. The molecule has 3 saturated heterocycles. The number of amides is 3. The van der Waals surface area contributed by atoms with Gasteiger partial charge in [0.1, 0.15) is 51.2 Å². The van der Waals surface area contributed by atoms with E-state index in [4.69, 9.17) is 59.0 Å². The van der Waals surface area contributed by atoms with Crippen molar-refractivity contribution in [3.8, 4) is 33.8 Å². The molecule has 27 heteroatoms. The molecule has 0 spiro atoms. The summed E-state index contributed by atoms with van der Waals surface area (Å²) in [5, 5.41) is 6.22. The van der Waals surface area contributed by atoms with Gasteiger partial charge in [0.25, 0.3) is 16.7 Å². The van der Waals surface area contributed by atoms with Crippen molar-refractivity contribution in [2.45, 2.75) is 200 Å². The van der Waals surface area contributed by atoms with Crippen LogP contribution in [0.15, 0.2) is 130 Å². The van der Waals surface area contributed by atoms with E-state index in [0.717, 1.165) is 30.7 Å². The summed E-state index contributed by atoms with van der Waals surface area (Å²) in [6, 6.07) is 31.1. The second-order valence-corrected chi connectivity index (χ2v) is 37.3. The molecule has 3 amide bonds. The molecule has 114 heavy (non-hydrogen) atoms. The molecule has 0 aliphatic carbocycles. The summed E-state index contributed by atoms with van der Waals surface area (Å²) in [7, 11) is 0. The van der Waals surface area contributed by atoms with Crippen LogP contribution in [0.1, 0.15) is 145 Å². The number of piperazine rings is 3. The van der Waals surface area contributed by atoms with Gasteiger partial charge in [-0.1, -0.05) is 134 Å². The van der Waals surface area contributed by atoms with Gasteiger partial charge in [-0.15, -0.1) is 0 Å². The van der Waals surface area contributed by atoms with Gasteiger partial charge in [0.05, 0.1) is 43.5 Å². The SMILES string of the molecule is CC(C)(C)Cn1c(=O)cc(Cl)c2cc(Cl)c(-c3ccccc3F)nc21.C[C@H]1CN(C(=O)OC(C)(C)C)CCN1.C[C@H]1CN(C(=O)OC(C)(C)C)CCN1c1cc(=O)n(CC(C)(C)C)c2nc(-c3ccccc3F)c(Cl)cc12.C[C@H]1CN(C(=O)OC(C)(C)C)CCN1c1cc(=O)n(CC(C)(C)C)c2nc(-c3ccccc3F)ccc12. The van der Waals surface area contributed by atoms with Gasteiger partial charge in [-0.3, -0.25) is 28.1 Å². The van der Waals surface area contributed by atoms with Crippen molar-refractivity contribution >= 4 is 97.6 Å². The molecular formula is C87H110Cl3F3N12O9. The Morgan fingerprint density at radius 1 is 0.421 bits per heavy atom. The first kappa shape index (κ1) is 88.7. The molecule has 0 radical (unpaired) electrons. The maximum Gasteiger partial charge on any atom is 0.410 e. The summed E-state index contributed by atoms with van der Waals surface area (Å²) in [4.78, 5) is 99.9. The first-order chi connectivity index (χ1) is 52.9. The van der Waals surface area contributed by atoms with Gasteiger partial charge in [-0.25, -0.2) is 42.5 Å². The number of rotatable bonds is 8. The van der Waals surface area contributed by atoms with Crippen LogP contribution in [-0.4, -0.2) is 155 Å². The Kier molecular flexibility index (Phi) is 27.6. The van der Waals surface area contributed by atoms with E-state index < -0.39 is 28.4 Å². The summed E-state index contributed by atoms with van der Waals surface area (Å²) in [5.41, 5.74) is 2.20. The number of ether oxygens (including phenoxy) is 3. The second kappa shape index (κ2) is 35.5. The lowest BCUT2D eigenvalue weighted by Crippen LogP contribution is -2.54. The number of nitrogens with one attached hydrogen (secondary N) is 1. The molecule has 3 fully saturated rings. The van der Waals surface area contributed by atoms with Crippen LogP contribution in [0.2, 0.25) is 15.1 Å². The van der Waals surface area contributed by atoms with Gasteiger partial charge in [-0.05, 0) is 160 Å². The molecule has 1 N–H and O–H groups in total. The molecule has 3 aromatic carbocycles. The van der Waals surface area contributed by atoms with Gasteiger partial charge in [0.2, 0.25) is 0 Å². The summed E-state index contributed by atoms with van der Waals surface area (Å²) in [5.74, 6) is -1.22. The van der Waals surface area contributed by atoms with Crippen LogP contribution in [-0.2, 0) is 33.8 Å². The van der Waals surface area contributed by atoms with E-state index in [2.05, 4.69) is 47.8 Å². The van der Waals surface area contributed by atoms with E-state index in [1.54, 1.807) is 113 Å². The van der Waals surface area contributed by atoms with E-state index in [-0.39, 0.29) is 96.0 Å². The van der Waals surface area contributed by atoms with Crippen molar-refractivity contribution in [1.82, 2.24) is 48.7 Å². The maximum atomic E-state index is 14.7. The minimum absolute atomic E-state index is 0.0476. The third kappa shape index (κ3) is 23.1. The number of pyridine rings is 6. The van der Waals surface area contributed by atoms with Gasteiger partial charge in [0, 0.05) is 148 Å². The number of carbonyl (C=O) groups is 3. The minimum atomic E-state index is -0.580. The fourth-order valence-electron chi connectivity index (χ4n) is 13.6. The third-order valence-corrected chi connectivity index (χ3v) is 19.3. The first-order valence-corrected chi connectivity index (χ1v) is 39.7. The zero-order valence-corrected chi connectivity index (χ0v) is 71.8. The standard InChI is InChI=1S/C29H36ClFN4O3.C29H37FN4O3.C19H17Cl2FN2O.C10H20N2O2/c1-18-16-33(27(37)38-29(5,6)7)12-13-34(18)23-15-24(36)35(17-28(2,3)4)26-20(23)14-21(30)25(32-26)19-10-8-9-11-22(19)31;1-19-17-32(27(36)37-29(5,6)7)14-15-33(19)24-16-25(35)34(18-28(2,3)4)26-21(24)12-13-23(31-26)20-10-8-9-11-22(20)30;1-19(2,3)10-24-16(25)9-13(20)12-8-14(21)17(23-18(12)24)11-6-4-5-7-15(11)22;1-8-7-12(6-5-11-8)9(13)14-10(2,3)4/h8-11,14-15,18H,12-13,16-17H2,1-7H3;8-13,16,19H,14-15,17-18H2,1-7H3;4-9H,10H2,1-3H3;8,11H,5-7H2,1-4H3/t18-;19-;;8-/m00.0/s1. The van der Waals surface area contributed by atoms with E-state index in [9.17, 15) is 41.9 Å². The zero-order chi connectivity index (χ0) is 84.2. The van der Waals surface area contributed by atoms with Crippen LogP contribution in [0.5, 0.6) is 0 Å². The molecule has 9 aromatic rings. The second-order valence-electron chi connectivity index (χ2n) is 36.1. The zero-order valence-electron chi connectivity index (χ0n) is 69.5. The molecular weight excluding hydrogens is 1520 g/mol. The lowest BCUT2D eigenvalue weighted by atomic mass is 9.96. The van der Waals surface area contributed by atoms with E-state index in [1.807, 2.05) is 124 Å². The lowest BCUT2D eigenvalue weighted by Gasteiger charge is -2.41. The number of benzene rings is 3. The van der Waals surface area contributed by atoms with Gasteiger partial charge in [0.15, 0.2) is 0 Å². The highest BCUT2D eigenvalue weighted by Crippen LogP contribution is 2.39. The van der Waals surface area contributed by atoms with Crippen LogP contribution in [0.25, 0.3) is 66.9 Å². The van der Waals surface area contributed by atoms with Crippen LogP contribution in [0.3, 0.4) is 0 Å².